The molecule has 0 aromatic heterocycles. The maximum absolute atomic E-state index is 12.4. The first-order valence-corrected chi connectivity index (χ1v) is 9.40. The molecule has 0 spiro atoms. The first kappa shape index (κ1) is 19.7. The van der Waals surface area contributed by atoms with E-state index in [1.807, 2.05) is 32.0 Å². The van der Waals surface area contributed by atoms with E-state index in [0.717, 1.165) is 34.4 Å². The minimum atomic E-state index is -0.332. The summed E-state index contributed by atoms with van der Waals surface area (Å²) in [7, 11) is 1.71. The van der Waals surface area contributed by atoms with Crippen molar-refractivity contribution in [2.24, 2.45) is 0 Å². The average Bonchev–Trinajstić information content (AvgIpc) is 2.65. The van der Waals surface area contributed by atoms with Crippen LogP contribution in [0.2, 0.25) is 0 Å². The van der Waals surface area contributed by atoms with Gasteiger partial charge in [-0.15, -0.1) is 0 Å². The maximum Gasteiger partial charge on any atom is 0.343 e. The molecule has 3 nitrogen and oxygen atoms in total. The molecule has 0 radical (unpaired) electrons. The van der Waals surface area contributed by atoms with Gasteiger partial charge in [0.25, 0.3) is 0 Å². The number of esters is 1. The monoisotopic (exact) mass is 374 g/mol. The summed E-state index contributed by atoms with van der Waals surface area (Å²) in [5.41, 5.74) is 7.18. The van der Waals surface area contributed by atoms with Crippen LogP contribution in [0, 0.1) is 27.7 Å². The molecular formula is C25H26O3. The van der Waals surface area contributed by atoms with Gasteiger partial charge in [0.05, 0.1) is 12.7 Å². The summed E-state index contributed by atoms with van der Waals surface area (Å²) in [6.45, 7) is 8.10. The first-order valence-electron chi connectivity index (χ1n) is 9.40. The highest BCUT2D eigenvalue weighted by Gasteiger charge is 2.14. The first-order chi connectivity index (χ1) is 13.4. The van der Waals surface area contributed by atoms with E-state index in [2.05, 4.69) is 38.1 Å². The molecule has 0 N–H and O–H groups in total. The van der Waals surface area contributed by atoms with Gasteiger partial charge in [-0.3, -0.25) is 0 Å². The van der Waals surface area contributed by atoms with Crippen LogP contribution in [0.4, 0.5) is 0 Å². The van der Waals surface area contributed by atoms with Crippen molar-refractivity contribution in [3.63, 3.8) is 0 Å². The zero-order valence-electron chi connectivity index (χ0n) is 17.1. The zero-order valence-corrected chi connectivity index (χ0v) is 17.1. The van der Waals surface area contributed by atoms with Gasteiger partial charge >= 0.3 is 5.97 Å². The Balaban J connectivity index is 1.83. The van der Waals surface area contributed by atoms with Crippen LogP contribution < -0.4 is 9.47 Å². The molecule has 0 fully saturated rings. The highest BCUT2D eigenvalue weighted by Crippen LogP contribution is 2.29. The predicted octanol–water partition coefficient (Wildman–Crippen LogP) is 5.74. The average molecular weight is 374 g/mol. The van der Waals surface area contributed by atoms with Crippen molar-refractivity contribution in [3.05, 3.63) is 93.5 Å². The second-order valence-corrected chi connectivity index (χ2v) is 7.25. The van der Waals surface area contributed by atoms with Gasteiger partial charge in [-0.05, 0) is 79.6 Å². The smallest absolute Gasteiger partial charge is 0.343 e. The number of hydrogen-bond acceptors (Lipinski definition) is 3. The summed E-state index contributed by atoms with van der Waals surface area (Å²) in [6.07, 6.45) is 0.820. The summed E-state index contributed by atoms with van der Waals surface area (Å²) in [5.74, 6) is 1.25. The molecule has 0 bridgehead atoms. The largest absolute Gasteiger partial charge is 0.496 e. The topological polar surface area (TPSA) is 35.5 Å². The molecule has 3 rings (SSSR count). The van der Waals surface area contributed by atoms with Crippen molar-refractivity contribution in [1.82, 2.24) is 0 Å². The van der Waals surface area contributed by atoms with Gasteiger partial charge in [-0.2, -0.15) is 0 Å². The van der Waals surface area contributed by atoms with E-state index >= 15 is 0 Å². The van der Waals surface area contributed by atoms with E-state index < -0.39 is 0 Å². The van der Waals surface area contributed by atoms with E-state index in [4.69, 9.17) is 9.47 Å². The molecule has 0 atom stereocenters. The number of methoxy groups -OCH3 is 1. The summed E-state index contributed by atoms with van der Waals surface area (Å²) in [5, 5.41) is 0. The number of aryl methyl sites for hydroxylation is 4. The molecule has 0 unspecified atom stereocenters. The van der Waals surface area contributed by atoms with E-state index in [1.165, 1.54) is 11.1 Å². The van der Waals surface area contributed by atoms with Gasteiger partial charge in [-0.1, -0.05) is 42.5 Å². The Kier molecular flexibility index (Phi) is 5.84. The minimum absolute atomic E-state index is 0.332. The lowest BCUT2D eigenvalue weighted by atomic mass is 9.97. The SMILES string of the molecule is COc1c(C)cc(Cc2cc(C)c(OC(=O)c3ccccc3)c(C)c2)cc1C. The van der Waals surface area contributed by atoms with Gasteiger partial charge in [-0.25, -0.2) is 4.79 Å². The Labute approximate surface area is 166 Å². The second kappa shape index (κ2) is 8.30. The van der Waals surface area contributed by atoms with Crippen LogP contribution in [0.15, 0.2) is 54.6 Å². The molecule has 28 heavy (non-hydrogen) atoms. The van der Waals surface area contributed by atoms with Crippen LogP contribution in [0.5, 0.6) is 11.5 Å². The van der Waals surface area contributed by atoms with Crippen LogP contribution in [0.1, 0.15) is 43.7 Å². The summed E-state index contributed by atoms with van der Waals surface area (Å²) in [6, 6.07) is 17.6. The van der Waals surface area contributed by atoms with Crippen molar-refractivity contribution >= 4 is 5.97 Å². The molecule has 144 valence electrons. The van der Waals surface area contributed by atoms with Gasteiger partial charge in [0.2, 0.25) is 0 Å². The Hall–Kier alpha value is -3.07. The van der Waals surface area contributed by atoms with Crippen LogP contribution in [0.25, 0.3) is 0 Å². The van der Waals surface area contributed by atoms with Crippen molar-refractivity contribution in [3.8, 4) is 11.5 Å². The maximum atomic E-state index is 12.4. The number of ether oxygens (including phenoxy) is 2. The third kappa shape index (κ3) is 4.25. The number of hydrogen-bond donors (Lipinski definition) is 0. The molecule has 3 heteroatoms. The molecule has 0 saturated carbocycles. The Morgan fingerprint density at radius 1 is 0.750 bits per heavy atom. The van der Waals surface area contributed by atoms with Crippen molar-refractivity contribution in [2.75, 3.05) is 7.11 Å². The lowest BCUT2D eigenvalue weighted by Crippen LogP contribution is -2.10. The molecule has 3 aromatic rings. The molecule has 0 heterocycles. The van der Waals surface area contributed by atoms with Crippen LogP contribution >= 0.6 is 0 Å². The number of benzene rings is 3. The number of carbonyl (C=O) groups is 1. The van der Waals surface area contributed by atoms with E-state index in [-0.39, 0.29) is 5.97 Å². The summed E-state index contributed by atoms with van der Waals surface area (Å²) in [4.78, 5) is 12.4. The third-order valence-corrected chi connectivity index (χ3v) is 4.86. The molecule has 0 amide bonds. The van der Waals surface area contributed by atoms with E-state index in [0.29, 0.717) is 11.3 Å². The van der Waals surface area contributed by atoms with Gasteiger partial charge < -0.3 is 9.47 Å². The fraction of sp³-hybridized carbons (Fsp3) is 0.240. The molecule has 0 aliphatic rings. The molecular weight excluding hydrogens is 348 g/mol. The quantitative estimate of drug-likeness (QED) is 0.422. The fourth-order valence-corrected chi connectivity index (χ4v) is 3.73. The van der Waals surface area contributed by atoms with Crippen LogP contribution in [0.3, 0.4) is 0 Å². The normalized spacial score (nSPS) is 10.6. The van der Waals surface area contributed by atoms with E-state index in [1.54, 1.807) is 19.2 Å². The van der Waals surface area contributed by atoms with Crippen molar-refractivity contribution < 1.29 is 14.3 Å². The highest BCUT2D eigenvalue weighted by molar-refractivity contribution is 5.91. The Bertz CT molecular complexity index is 958. The molecule has 0 aliphatic heterocycles. The standard InChI is InChI=1S/C25H26O3/c1-16-11-20(12-17(2)23(16)27-5)15-21-13-18(3)24(19(4)14-21)28-25(26)22-9-7-6-8-10-22/h6-14H,15H2,1-5H3. The van der Waals surface area contributed by atoms with Crippen LogP contribution in [-0.2, 0) is 6.42 Å². The number of carbonyl (C=O) groups excluding carboxylic acids is 1. The fourth-order valence-electron chi connectivity index (χ4n) is 3.73. The van der Waals surface area contributed by atoms with Gasteiger partial charge in [0.15, 0.2) is 0 Å². The Morgan fingerprint density at radius 3 is 1.68 bits per heavy atom. The van der Waals surface area contributed by atoms with Crippen LogP contribution in [-0.4, -0.2) is 13.1 Å². The summed E-state index contributed by atoms with van der Waals surface area (Å²) < 4.78 is 11.1. The highest BCUT2D eigenvalue weighted by atomic mass is 16.5. The summed E-state index contributed by atoms with van der Waals surface area (Å²) >= 11 is 0. The van der Waals surface area contributed by atoms with Crippen molar-refractivity contribution in [2.45, 2.75) is 34.1 Å². The Morgan fingerprint density at radius 2 is 1.21 bits per heavy atom. The number of rotatable bonds is 5. The molecule has 3 aromatic carbocycles. The zero-order chi connectivity index (χ0) is 20.3. The third-order valence-electron chi connectivity index (χ3n) is 4.86. The molecule has 0 aliphatic carbocycles. The van der Waals surface area contributed by atoms with Gasteiger partial charge in [0.1, 0.15) is 11.5 Å². The second-order valence-electron chi connectivity index (χ2n) is 7.25. The molecule has 0 saturated heterocycles. The lowest BCUT2D eigenvalue weighted by Gasteiger charge is -2.14. The van der Waals surface area contributed by atoms with Gasteiger partial charge in [0, 0.05) is 0 Å². The lowest BCUT2D eigenvalue weighted by molar-refractivity contribution is 0.0732. The predicted molar refractivity (Wildman–Crippen MR) is 113 cm³/mol. The minimum Gasteiger partial charge on any atom is -0.496 e. The van der Waals surface area contributed by atoms with E-state index in [9.17, 15) is 4.79 Å². The van der Waals surface area contributed by atoms with Crippen molar-refractivity contribution in [1.29, 1.82) is 0 Å².